The average Bonchev–Trinajstić information content (AvgIpc) is 2.64. The van der Waals surface area contributed by atoms with Crippen molar-refractivity contribution in [2.75, 3.05) is 32.1 Å². The van der Waals surface area contributed by atoms with Gasteiger partial charge >= 0.3 is 0 Å². The highest BCUT2D eigenvalue weighted by molar-refractivity contribution is 5.95. The number of hydrogen-bond acceptors (Lipinski definition) is 4. The summed E-state index contributed by atoms with van der Waals surface area (Å²) in [6, 6.07) is 6.90. The maximum Gasteiger partial charge on any atom is 0.243 e. The van der Waals surface area contributed by atoms with Crippen LogP contribution >= 0.6 is 0 Å². The van der Waals surface area contributed by atoms with Gasteiger partial charge in [-0.2, -0.15) is 0 Å². The Hall–Kier alpha value is -2.57. The molecule has 0 radical (unpaired) electrons. The summed E-state index contributed by atoms with van der Waals surface area (Å²) in [7, 11) is 1.57. The van der Waals surface area contributed by atoms with E-state index in [4.69, 9.17) is 4.74 Å². The van der Waals surface area contributed by atoms with Gasteiger partial charge in [0, 0.05) is 18.2 Å². The Kier molecular flexibility index (Phi) is 9.33. The van der Waals surface area contributed by atoms with Gasteiger partial charge in [0.05, 0.1) is 20.2 Å². The molecular formula is C20H31N3O4. The molecule has 0 aromatic heterocycles. The fourth-order valence-electron chi connectivity index (χ4n) is 2.45. The molecule has 1 rings (SSSR count). The number of methoxy groups -OCH3 is 1. The Morgan fingerprint density at radius 1 is 1.07 bits per heavy atom. The molecule has 0 aliphatic rings. The molecule has 0 saturated carbocycles. The first-order chi connectivity index (χ1) is 12.8. The normalized spacial score (nSPS) is 11.6. The lowest BCUT2D eigenvalue weighted by atomic mass is 10.1. The van der Waals surface area contributed by atoms with Crippen molar-refractivity contribution in [3.8, 4) is 5.75 Å². The van der Waals surface area contributed by atoms with Crippen molar-refractivity contribution in [1.82, 2.24) is 10.2 Å². The summed E-state index contributed by atoms with van der Waals surface area (Å²) >= 11 is 0. The van der Waals surface area contributed by atoms with E-state index in [9.17, 15) is 14.4 Å². The van der Waals surface area contributed by atoms with E-state index in [0.29, 0.717) is 18.0 Å². The van der Waals surface area contributed by atoms with Crippen LogP contribution in [0.1, 0.15) is 34.1 Å². The number of rotatable bonds is 10. The lowest BCUT2D eigenvalue weighted by Crippen LogP contribution is -2.45. The molecule has 0 unspecified atom stereocenters. The molecule has 2 N–H and O–H groups in total. The van der Waals surface area contributed by atoms with Crippen LogP contribution < -0.4 is 15.4 Å². The second-order valence-corrected chi connectivity index (χ2v) is 6.98. The maximum absolute atomic E-state index is 12.4. The van der Waals surface area contributed by atoms with E-state index in [2.05, 4.69) is 10.6 Å². The number of anilines is 1. The van der Waals surface area contributed by atoms with Crippen LogP contribution in [0.4, 0.5) is 5.69 Å². The summed E-state index contributed by atoms with van der Waals surface area (Å²) in [6.07, 6.45) is 0.722. The molecule has 150 valence electrons. The fraction of sp³-hybridized carbons (Fsp3) is 0.550. The van der Waals surface area contributed by atoms with Crippen molar-refractivity contribution in [2.45, 2.75) is 34.1 Å². The largest absolute Gasteiger partial charge is 0.497 e. The summed E-state index contributed by atoms with van der Waals surface area (Å²) in [4.78, 5) is 38.2. The van der Waals surface area contributed by atoms with Crippen molar-refractivity contribution in [1.29, 1.82) is 0 Å². The summed E-state index contributed by atoms with van der Waals surface area (Å²) < 4.78 is 5.06. The van der Waals surface area contributed by atoms with E-state index >= 15 is 0 Å². The Labute approximate surface area is 161 Å². The second kappa shape index (κ2) is 11.2. The van der Waals surface area contributed by atoms with E-state index < -0.39 is 0 Å². The number of carbonyl (C=O) groups excluding carboxylic acids is 3. The first kappa shape index (κ1) is 22.5. The van der Waals surface area contributed by atoms with Gasteiger partial charge in [0.1, 0.15) is 5.75 Å². The number of carbonyl (C=O) groups is 3. The highest BCUT2D eigenvalue weighted by atomic mass is 16.5. The van der Waals surface area contributed by atoms with Crippen LogP contribution in [0.5, 0.6) is 5.75 Å². The van der Waals surface area contributed by atoms with Crippen LogP contribution in [0.2, 0.25) is 0 Å². The smallest absolute Gasteiger partial charge is 0.243 e. The van der Waals surface area contributed by atoms with Gasteiger partial charge in [-0.25, -0.2) is 0 Å². The van der Waals surface area contributed by atoms with Crippen molar-refractivity contribution >= 4 is 23.4 Å². The zero-order valence-electron chi connectivity index (χ0n) is 16.9. The van der Waals surface area contributed by atoms with E-state index in [1.54, 1.807) is 36.3 Å². The third-order valence-electron chi connectivity index (χ3n) is 4.09. The predicted octanol–water partition coefficient (Wildman–Crippen LogP) is 2.28. The molecular weight excluding hydrogens is 346 g/mol. The molecule has 0 aliphatic carbocycles. The standard InChI is InChI=1S/C20H31N3O4/c1-6-15(4)20(26)23(12-14(2)3)13-19(25)21-11-18(24)22-16-7-9-17(27-5)10-8-16/h7-10,14-15H,6,11-13H2,1-5H3,(H,21,25)(H,22,24)/t15-/m0/s1. The first-order valence-electron chi connectivity index (χ1n) is 9.26. The first-order valence-corrected chi connectivity index (χ1v) is 9.26. The average molecular weight is 377 g/mol. The molecule has 3 amide bonds. The van der Waals surface area contributed by atoms with Crippen LogP contribution in [0, 0.1) is 11.8 Å². The number of amides is 3. The van der Waals surface area contributed by atoms with Gasteiger partial charge in [0.25, 0.3) is 0 Å². The van der Waals surface area contributed by atoms with Gasteiger partial charge < -0.3 is 20.3 Å². The second-order valence-electron chi connectivity index (χ2n) is 6.98. The third kappa shape index (κ3) is 8.11. The summed E-state index contributed by atoms with van der Waals surface area (Å²) in [6.45, 7) is 8.10. The van der Waals surface area contributed by atoms with E-state index in [1.807, 2.05) is 27.7 Å². The molecule has 0 bridgehead atoms. The topological polar surface area (TPSA) is 87.7 Å². The minimum Gasteiger partial charge on any atom is -0.497 e. The van der Waals surface area contributed by atoms with Crippen LogP contribution in [0.25, 0.3) is 0 Å². The molecule has 1 aromatic rings. The predicted molar refractivity (Wildman–Crippen MR) is 106 cm³/mol. The van der Waals surface area contributed by atoms with Crippen LogP contribution in [0.3, 0.4) is 0 Å². The third-order valence-corrected chi connectivity index (χ3v) is 4.09. The molecule has 1 atom stereocenters. The van der Waals surface area contributed by atoms with Gasteiger partial charge in [-0.15, -0.1) is 0 Å². The number of nitrogens with one attached hydrogen (secondary N) is 2. The van der Waals surface area contributed by atoms with Gasteiger partial charge in [-0.3, -0.25) is 14.4 Å². The monoisotopic (exact) mass is 377 g/mol. The van der Waals surface area contributed by atoms with E-state index in [0.717, 1.165) is 6.42 Å². The Morgan fingerprint density at radius 2 is 1.70 bits per heavy atom. The molecule has 0 fully saturated rings. The fourth-order valence-corrected chi connectivity index (χ4v) is 2.45. The van der Waals surface area contributed by atoms with Crippen molar-refractivity contribution in [3.63, 3.8) is 0 Å². The van der Waals surface area contributed by atoms with Gasteiger partial charge in [-0.1, -0.05) is 27.7 Å². The zero-order valence-corrected chi connectivity index (χ0v) is 16.9. The molecule has 27 heavy (non-hydrogen) atoms. The molecule has 0 heterocycles. The van der Waals surface area contributed by atoms with Gasteiger partial charge in [0.15, 0.2) is 0 Å². The van der Waals surface area contributed by atoms with Crippen LogP contribution in [0.15, 0.2) is 24.3 Å². The van der Waals surface area contributed by atoms with Gasteiger partial charge in [0.2, 0.25) is 17.7 Å². The van der Waals surface area contributed by atoms with Crippen LogP contribution in [-0.2, 0) is 14.4 Å². The quantitative estimate of drug-likeness (QED) is 0.655. The minimum absolute atomic E-state index is 0.0379. The van der Waals surface area contributed by atoms with Gasteiger partial charge in [-0.05, 0) is 36.6 Å². The van der Waals surface area contributed by atoms with Crippen molar-refractivity contribution < 1.29 is 19.1 Å². The Bertz CT molecular complexity index is 629. The Balaban J connectivity index is 2.52. The lowest BCUT2D eigenvalue weighted by molar-refractivity contribution is -0.139. The van der Waals surface area contributed by atoms with Crippen LogP contribution in [-0.4, -0.2) is 49.4 Å². The summed E-state index contributed by atoms with van der Waals surface area (Å²) in [5.74, 6) is 0.0926. The highest BCUT2D eigenvalue weighted by Gasteiger charge is 2.22. The summed E-state index contributed by atoms with van der Waals surface area (Å²) in [5.41, 5.74) is 0.614. The van der Waals surface area contributed by atoms with E-state index in [-0.39, 0.29) is 42.6 Å². The molecule has 0 saturated heterocycles. The minimum atomic E-state index is -0.350. The summed E-state index contributed by atoms with van der Waals surface area (Å²) in [5, 5.41) is 5.27. The molecule has 7 nitrogen and oxygen atoms in total. The SMILES string of the molecule is CC[C@H](C)C(=O)N(CC(=O)NCC(=O)Nc1ccc(OC)cc1)CC(C)C. The number of hydrogen-bond donors (Lipinski definition) is 2. The maximum atomic E-state index is 12.4. The molecule has 0 aliphatic heterocycles. The van der Waals surface area contributed by atoms with Crippen molar-refractivity contribution in [2.24, 2.45) is 11.8 Å². The molecule has 0 spiro atoms. The molecule has 1 aromatic carbocycles. The highest BCUT2D eigenvalue weighted by Crippen LogP contribution is 2.14. The zero-order chi connectivity index (χ0) is 20.4. The number of nitrogens with zero attached hydrogens (tertiary/aromatic N) is 1. The Morgan fingerprint density at radius 3 is 2.22 bits per heavy atom. The number of benzene rings is 1. The van der Waals surface area contributed by atoms with E-state index in [1.165, 1.54) is 0 Å². The molecule has 7 heteroatoms. The number of ether oxygens (including phenoxy) is 1. The van der Waals surface area contributed by atoms with Crippen molar-refractivity contribution in [3.05, 3.63) is 24.3 Å². The lowest BCUT2D eigenvalue weighted by Gasteiger charge is -2.26.